The Kier molecular flexibility index (Phi) is 7.28. The van der Waals surface area contributed by atoms with E-state index in [1.54, 1.807) is 6.07 Å². The number of hydrogen-bond donors (Lipinski definition) is 2. The van der Waals surface area contributed by atoms with Crippen molar-refractivity contribution in [1.82, 2.24) is 10.6 Å². The molecular weight excluding hydrogens is 319 g/mol. The molecule has 0 bridgehead atoms. The number of halogens is 2. The summed E-state index contributed by atoms with van der Waals surface area (Å²) >= 11 is 11.9. The van der Waals surface area contributed by atoms with E-state index in [1.807, 2.05) is 0 Å². The second kappa shape index (κ2) is 8.71. The molecule has 0 saturated heterocycles. The highest BCUT2D eigenvalue weighted by molar-refractivity contribution is 6.37. The molecule has 0 fully saturated rings. The van der Waals surface area contributed by atoms with E-state index in [0.29, 0.717) is 5.02 Å². The van der Waals surface area contributed by atoms with Crippen LogP contribution in [-0.4, -0.2) is 45.7 Å². The summed E-state index contributed by atoms with van der Waals surface area (Å²) in [6, 6.07) is 3.06. The minimum absolute atomic E-state index is 0.0259. The normalized spacial score (nSPS) is 10.1. The van der Waals surface area contributed by atoms with Crippen molar-refractivity contribution in [2.24, 2.45) is 0 Å². The molecule has 1 aromatic carbocycles. The number of benzene rings is 1. The number of ether oxygens (including phenoxy) is 2. The van der Waals surface area contributed by atoms with Crippen molar-refractivity contribution < 1.29 is 19.1 Å². The molecule has 0 unspecified atom stereocenters. The third kappa shape index (κ3) is 5.08. The van der Waals surface area contributed by atoms with Crippen LogP contribution >= 0.6 is 23.2 Å². The minimum Gasteiger partial charge on any atom is -0.494 e. The molecule has 0 aliphatic carbocycles. The average Bonchev–Trinajstić information content (AvgIpc) is 2.45. The standard InChI is InChI=1S/C13H16Cl2N2O4/c1-20-7-10(18)16-5-6-17-13(19)11-8(14)3-4-9(15)12(11)21-2/h3-4H,5-7H2,1-2H3,(H,16,18)(H,17,19). The van der Waals surface area contributed by atoms with Crippen LogP contribution in [0.2, 0.25) is 10.0 Å². The molecular formula is C13H16Cl2N2O4. The number of amides is 2. The van der Waals surface area contributed by atoms with E-state index < -0.39 is 5.91 Å². The number of rotatable bonds is 7. The third-order valence-corrected chi connectivity index (χ3v) is 3.11. The molecule has 0 aliphatic rings. The summed E-state index contributed by atoms with van der Waals surface area (Å²) in [4.78, 5) is 23.2. The molecule has 0 aromatic heterocycles. The quantitative estimate of drug-likeness (QED) is 0.741. The Morgan fingerprint density at radius 3 is 2.33 bits per heavy atom. The monoisotopic (exact) mass is 334 g/mol. The Morgan fingerprint density at radius 1 is 1.10 bits per heavy atom. The molecule has 0 saturated carbocycles. The summed E-state index contributed by atoms with van der Waals surface area (Å²) in [6.45, 7) is 0.483. The van der Waals surface area contributed by atoms with Crippen LogP contribution in [0.5, 0.6) is 5.75 Å². The number of nitrogens with one attached hydrogen (secondary N) is 2. The van der Waals surface area contributed by atoms with Crippen LogP contribution < -0.4 is 15.4 Å². The molecule has 1 aromatic rings. The average molecular weight is 335 g/mol. The maximum absolute atomic E-state index is 12.1. The maximum Gasteiger partial charge on any atom is 0.256 e. The van der Waals surface area contributed by atoms with Gasteiger partial charge < -0.3 is 20.1 Å². The van der Waals surface area contributed by atoms with Crippen molar-refractivity contribution >= 4 is 35.0 Å². The first-order chi connectivity index (χ1) is 10.0. The Hall–Kier alpha value is -1.50. The van der Waals surface area contributed by atoms with E-state index in [-0.39, 0.29) is 41.9 Å². The van der Waals surface area contributed by atoms with Crippen LogP contribution in [0.1, 0.15) is 10.4 Å². The van der Waals surface area contributed by atoms with Gasteiger partial charge in [0.05, 0.1) is 17.2 Å². The number of hydrogen-bond acceptors (Lipinski definition) is 4. The maximum atomic E-state index is 12.1. The van der Waals surface area contributed by atoms with Crippen molar-refractivity contribution in [2.45, 2.75) is 0 Å². The summed E-state index contributed by atoms with van der Waals surface area (Å²) in [5.74, 6) is -0.476. The van der Waals surface area contributed by atoms with Crippen LogP contribution in [0.25, 0.3) is 0 Å². The predicted octanol–water partition coefficient (Wildman–Crippen LogP) is 1.49. The SMILES string of the molecule is COCC(=O)NCCNC(=O)c1c(Cl)ccc(Cl)c1OC. The Bertz CT molecular complexity index is 523. The molecule has 2 N–H and O–H groups in total. The first-order valence-corrected chi connectivity index (χ1v) is 6.82. The van der Waals surface area contributed by atoms with Crippen LogP contribution in [0.4, 0.5) is 0 Å². The lowest BCUT2D eigenvalue weighted by Crippen LogP contribution is -2.36. The zero-order valence-corrected chi connectivity index (χ0v) is 13.2. The lowest BCUT2D eigenvalue weighted by atomic mass is 10.2. The highest BCUT2D eigenvalue weighted by atomic mass is 35.5. The fourth-order valence-corrected chi connectivity index (χ4v) is 2.06. The molecule has 0 aliphatic heterocycles. The molecule has 2 amide bonds. The highest BCUT2D eigenvalue weighted by Gasteiger charge is 2.19. The van der Waals surface area contributed by atoms with Crippen molar-refractivity contribution in [3.63, 3.8) is 0 Å². The van der Waals surface area contributed by atoms with Crippen LogP contribution in [0.3, 0.4) is 0 Å². The number of carbonyl (C=O) groups is 2. The van der Waals surface area contributed by atoms with Gasteiger partial charge in [0.15, 0.2) is 5.75 Å². The van der Waals surface area contributed by atoms with Crippen molar-refractivity contribution in [1.29, 1.82) is 0 Å². The van der Waals surface area contributed by atoms with Gasteiger partial charge in [-0.2, -0.15) is 0 Å². The van der Waals surface area contributed by atoms with Crippen molar-refractivity contribution in [3.05, 3.63) is 27.7 Å². The van der Waals surface area contributed by atoms with Gasteiger partial charge in [0, 0.05) is 20.2 Å². The summed E-state index contributed by atoms with van der Waals surface area (Å²) in [6.07, 6.45) is 0. The fraction of sp³-hybridized carbons (Fsp3) is 0.385. The summed E-state index contributed by atoms with van der Waals surface area (Å²) in [5, 5.41) is 5.72. The molecule has 0 spiro atoms. The second-order valence-electron chi connectivity index (χ2n) is 3.98. The lowest BCUT2D eigenvalue weighted by Gasteiger charge is -2.12. The molecule has 0 heterocycles. The zero-order valence-electron chi connectivity index (χ0n) is 11.7. The summed E-state index contributed by atoms with van der Waals surface area (Å²) < 4.78 is 9.75. The van der Waals surface area contributed by atoms with Gasteiger partial charge >= 0.3 is 0 Å². The molecule has 21 heavy (non-hydrogen) atoms. The Morgan fingerprint density at radius 2 is 1.71 bits per heavy atom. The van der Waals surface area contributed by atoms with Crippen LogP contribution in [0.15, 0.2) is 12.1 Å². The van der Waals surface area contributed by atoms with E-state index in [2.05, 4.69) is 15.4 Å². The Balaban J connectivity index is 2.61. The first-order valence-electron chi connectivity index (χ1n) is 6.07. The smallest absolute Gasteiger partial charge is 0.256 e. The minimum atomic E-state index is -0.430. The molecule has 0 radical (unpaired) electrons. The van der Waals surface area contributed by atoms with Gasteiger partial charge in [0.1, 0.15) is 12.2 Å². The van der Waals surface area contributed by atoms with Crippen molar-refractivity contribution in [3.8, 4) is 5.75 Å². The Labute approximate surface area is 132 Å². The molecule has 8 heteroatoms. The van der Waals surface area contributed by atoms with E-state index in [4.69, 9.17) is 27.9 Å². The topological polar surface area (TPSA) is 76.7 Å². The third-order valence-electron chi connectivity index (χ3n) is 2.50. The van der Waals surface area contributed by atoms with Crippen LogP contribution in [0, 0.1) is 0 Å². The molecule has 1 rings (SSSR count). The molecule has 116 valence electrons. The van der Waals surface area contributed by atoms with E-state index in [9.17, 15) is 9.59 Å². The van der Waals surface area contributed by atoms with Gasteiger partial charge in [0.25, 0.3) is 5.91 Å². The zero-order chi connectivity index (χ0) is 15.8. The van der Waals surface area contributed by atoms with Gasteiger partial charge in [-0.3, -0.25) is 9.59 Å². The van der Waals surface area contributed by atoms with Gasteiger partial charge in [-0.1, -0.05) is 23.2 Å². The van der Waals surface area contributed by atoms with Crippen LogP contribution in [-0.2, 0) is 9.53 Å². The molecule has 0 atom stereocenters. The number of carbonyl (C=O) groups excluding carboxylic acids is 2. The van der Waals surface area contributed by atoms with E-state index in [0.717, 1.165) is 0 Å². The second-order valence-corrected chi connectivity index (χ2v) is 4.79. The van der Waals surface area contributed by atoms with Gasteiger partial charge in [-0.15, -0.1) is 0 Å². The largest absolute Gasteiger partial charge is 0.494 e. The fourth-order valence-electron chi connectivity index (χ4n) is 1.59. The lowest BCUT2D eigenvalue weighted by molar-refractivity contribution is -0.124. The van der Waals surface area contributed by atoms with E-state index in [1.165, 1.54) is 20.3 Å². The van der Waals surface area contributed by atoms with Gasteiger partial charge in [-0.05, 0) is 12.1 Å². The van der Waals surface area contributed by atoms with Crippen molar-refractivity contribution in [2.75, 3.05) is 33.9 Å². The van der Waals surface area contributed by atoms with Gasteiger partial charge in [-0.25, -0.2) is 0 Å². The van der Waals surface area contributed by atoms with Gasteiger partial charge in [0.2, 0.25) is 5.91 Å². The highest BCUT2D eigenvalue weighted by Crippen LogP contribution is 2.33. The molecule has 6 nitrogen and oxygen atoms in total. The summed E-state index contributed by atoms with van der Waals surface area (Å²) in [5.41, 5.74) is 0.162. The predicted molar refractivity (Wildman–Crippen MR) is 80.2 cm³/mol. The first kappa shape index (κ1) is 17.6. The number of methoxy groups -OCH3 is 2. The van der Waals surface area contributed by atoms with E-state index >= 15 is 0 Å². The summed E-state index contributed by atoms with van der Waals surface area (Å²) in [7, 11) is 2.83.